The largest absolute Gasteiger partial charge is 0.399 e. The van der Waals surface area contributed by atoms with Crippen LogP contribution in [0.15, 0.2) is 41.3 Å². The predicted octanol–water partition coefficient (Wildman–Crippen LogP) is 3.25. The number of hydrogen-bond donors (Lipinski definition) is 2. The van der Waals surface area contributed by atoms with Crippen LogP contribution in [0.2, 0.25) is 10.0 Å². The smallest absolute Gasteiger partial charge is 0.263 e. The van der Waals surface area contributed by atoms with Crippen molar-refractivity contribution in [3.05, 3.63) is 52.0 Å². The molecule has 3 N–H and O–H groups in total. The molecular formula is C13H9Cl2N3O2S. The molecule has 2 aromatic carbocycles. The fourth-order valence-corrected chi connectivity index (χ4v) is 3.43. The third kappa shape index (κ3) is 3.39. The number of nitrogens with zero attached hydrogens (tertiary/aromatic N) is 1. The lowest BCUT2D eigenvalue weighted by atomic mass is 10.2. The van der Waals surface area contributed by atoms with Crippen LogP contribution in [0.1, 0.15) is 5.56 Å². The minimum absolute atomic E-state index is 0.0317. The van der Waals surface area contributed by atoms with Gasteiger partial charge in [-0.05, 0) is 36.4 Å². The molecule has 0 unspecified atom stereocenters. The zero-order valence-corrected chi connectivity index (χ0v) is 12.8. The van der Waals surface area contributed by atoms with Crippen LogP contribution in [-0.4, -0.2) is 8.42 Å². The van der Waals surface area contributed by atoms with Crippen LogP contribution in [0.4, 0.5) is 11.4 Å². The lowest BCUT2D eigenvalue weighted by molar-refractivity contribution is 0.601. The summed E-state index contributed by atoms with van der Waals surface area (Å²) in [4.78, 5) is -0.164. The van der Waals surface area contributed by atoms with E-state index >= 15 is 0 Å². The van der Waals surface area contributed by atoms with E-state index < -0.39 is 10.0 Å². The third-order valence-corrected chi connectivity index (χ3v) is 4.76. The minimum Gasteiger partial charge on any atom is -0.399 e. The summed E-state index contributed by atoms with van der Waals surface area (Å²) in [6, 6.07) is 10.3. The summed E-state index contributed by atoms with van der Waals surface area (Å²) in [5.41, 5.74) is 6.20. The van der Waals surface area contributed by atoms with E-state index in [1.54, 1.807) is 0 Å². The van der Waals surface area contributed by atoms with Gasteiger partial charge >= 0.3 is 0 Å². The van der Waals surface area contributed by atoms with Gasteiger partial charge in [-0.15, -0.1) is 0 Å². The second-order valence-electron chi connectivity index (χ2n) is 4.10. The molecule has 0 heterocycles. The van der Waals surface area contributed by atoms with E-state index in [0.29, 0.717) is 0 Å². The molecule has 5 nitrogen and oxygen atoms in total. The van der Waals surface area contributed by atoms with Gasteiger partial charge in [0.2, 0.25) is 0 Å². The molecule has 8 heteroatoms. The molecular weight excluding hydrogens is 333 g/mol. The van der Waals surface area contributed by atoms with Gasteiger partial charge < -0.3 is 5.73 Å². The van der Waals surface area contributed by atoms with Crippen molar-refractivity contribution in [2.75, 3.05) is 10.5 Å². The zero-order valence-electron chi connectivity index (χ0n) is 10.5. The van der Waals surface area contributed by atoms with E-state index in [9.17, 15) is 8.42 Å². The van der Waals surface area contributed by atoms with Crippen LogP contribution in [0, 0.1) is 11.3 Å². The van der Waals surface area contributed by atoms with Crippen LogP contribution in [0.5, 0.6) is 0 Å². The van der Waals surface area contributed by atoms with Gasteiger partial charge in [-0.3, -0.25) is 4.72 Å². The topological polar surface area (TPSA) is 96.0 Å². The monoisotopic (exact) mass is 341 g/mol. The maximum absolute atomic E-state index is 12.3. The first-order valence-electron chi connectivity index (χ1n) is 5.61. The third-order valence-electron chi connectivity index (χ3n) is 2.58. The van der Waals surface area contributed by atoms with Crippen molar-refractivity contribution in [1.29, 1.82) is 5.26 Å². The SMILES string of the molecule is N#Cc1ccc(Cl)c(NS(=O)(=O)c2cc(N)ccc2Cl)c1. The Hall–Kier alpha value is -1.94. The molecule has 0 aliphatic rings. The molecule has 0 amide bonds. The van der Waals surface area contributed by atoms with Gasteiger partial charge in [-0.25, -0.2) is 8.42 Å². The number of anilines is 2. The fourth-order valence-electron chi connectivity index (χ4n) is 1.60. The molecule has 21 heavy (non-hydrogen) atoms. The maximum atomic E-state index is 12.3. The van der Waals surface area contributed by atoms with Crippen molar-refractivity contribution < 1.29 is 8.42 Å². The quantitative estimate of drug-likeness (QED) is 0.837. The molecule has 108 valence electrons. The highest BCUT2D eigenvalue weighted by Gasteiger charge is 2.19. The highest BCUT2D eigenvalue weighted by molar-refractivity contribution is 7.92. The zero-order chi connectivity index (χ0) is 15.6. The summed E-state index contributed by atoms with van der Waals surface area (Å²) in [6.07, 6.45) is 0. The number of halogens is 2. The number of sulfonamides is 1. The average Bonchev–Trinajstić information content (AvgIpc) is 2.43. The van der Waals surface area contributed by atoms with Gasteiger partial charge in [0.15, 0.2) is 0 Å². The minimum atomic E-state index is -3.97. The Kier molecular flexibility index (Phi) is 4.28. The molecule has 0 saturated carbocycles. The van der Waals surface area contributed by atoms with Gasteiger partial charge in [0.25, 0.3) is 10.0 Å². The Bertz CT molecular complexity index is 845. The molecule has 0 radical (unpaired) electrons. The van der Waals surface area contributed by atoms with Gasteiger partial charge in [0.1, 0.15) is 4.90 Å². The molecule has 0 spiro atoms. The highest BCUT2D eigenvalue weighted by atomic mass is 35.5. The standard InChI is InChI=1S/C13H9Cl2N3O2S/c14-10-3-1-8(7-16)5-12(10)18-21(19,20)13-6-9(17)2-4-11(13)15/h1-6,18H,17H2. The number of rotatable bonds is 3. The first-order chi connectivity index (χ1) is 9.83. The summed E-state index contributed by atoms with van der Waals surface area (Å²) >= 11 is 11.8. The predicted molar refractivity (Wildman–Crippen MR) is 82.8 cm³/mol. The normalized spacial score (nSPS) is 10.9. The summed E-state index contributed by atoms with van der Waals surface area (Å²) in [5.74, 6) is 0. The van der Waals surface area contributed by atoms with Crippen molar-refractivity contribution >= 4 is 44.6 Å². The van der Waals surface area contributed by atoms with Crippen LogP contribution in [-0.2, 0) is 10.0 Å². The van der Waals surface area contributed by atoms with Crippen molar-refractivity contribution in [2.45, 2.75) is 4.90 Å². The van der Waals surface area contributed by atoms with Crippen molar-refractivity contribution in [3.63, 3.8) is 0 Å². The van der Waals surface area contributed by atoms with Crippen LogP contribution in [0.25, 0.3) is 0 Å². The van der Waals surface area contributed by atoms with E-state index in [1.165, 1.54) is 36.4 Å². The van der Waals surface area contributed by atoms with Gasteiger partial charge in [0, 0.05) is 5.69 Å². The maximum Gasteiger partial charge on any atom is 0.263 e. The van der Waals surface area contributed by atoms with Gasteiger partial charge in [-0.1, -0.05) is 23.2 Å². The molecule has 2 rings (SSSR count). The van der Waals surface area contributed by atoms with Crippen molar-refractivity contribution in [3.8, 4) is 6.07 Å². The summed E-state index contributed by atoms with van der Waals surface area (Å²) in [5, 5.41) is 9.04. The van der Waals surface area contributed by atoms with Crippen LogP contribution >= 0.6 is 23.2 Å². The summed E-state index contributed by atoms with van der Waals surface area (Å²) < 4.78 is 27.0. The number of hydrogen-bond acceptors (Lipinski definition) is 4. The Morgan fingerprint density at radius 3 is 2.43 bits per heavy atom. The second-order valence-corrected chi connectivity index (χ2v) is 6.57. The molecule has 0 atom stereocenters. The molecule has 0 bridgehead atoms. The van der Waals surface area contributed by atoms with Crippen LogP contribution < -0.4 is 10.5 Å². The van der Waals surface area contributed by atoms with E-state index in [4.69, 9.17) is 34.2 Å². The molecule has 0 aliphatic heterocycles. The molecule has 0 aromatic heterocycles. The Morgan fingerprint density at radius 1 is 1.10 bits per heavy atom. The molecule has 0 saturated heterocycles. The average molecular weight is 342 g/mol. The van der Waals surface area contributed by atoms with E-state index in [0.717, 1.165) is 0 Å². The number of nitrogens with one attached hydrogen (secondary N) is 1. The van der Waals surface area contributed by atoms with E-state index in [2.05, 4.69) is 4.72 Å². The van der Waals surface area contributed by atoms with Gasteiger partial charge in [0.05, 0.1) is 27.4 Å². The highest BCUT2D eigenvalue weighted by Crippen LogP contribution is 2.29. The second kappa shape index (κ2) is 5.82. The first-order valence-corrected chi connectivity index (χ1v) is 7.85. The number of benzene rings is 2. The molecule has 2 aromatic rings. The first kappa shape index (κ1) is 15.4. The number of nitriles is 1. The molecule has 0 fully saturated rings. The Balaban J connectivity index is 2.47. The number of nitrogens with two attached hydrogens (primary N) is 1. The van der Waals surface area contributed by atoms with E-state index in [-0.39, 0.29) is 31.9 Å². The summed E-state index contributed by atoms with van der Waals surface area (Å²) in [7, 11) is -3.97. The lowest BCUT2D eigenvalue weighted by Crippen LogP contribution is -2.14. The van der Waals surface area contributed by atoms with Crippen LogP contribution in [0.3, 0.4) is 0 Å². The van der Waals surface area contributed by atoms with E-state index in [1.807, 2.05) is 6.07 Å². The van der Waals surface area contributed by atoms with Crippen molar-refractivity contribution in [2.24, 2.45) is 0 Å². The Labute approximate surface area is 132 Å². The Morgan fingerprint density at radius 2 is 1.76 bits per heavy atom. The lowest BCUT2D eigenvalue weighted by Gasteiger charge is -2.11. The van der Waals surface area contributed by atoms with Gasteiger partial charge in [-0.2, -0.15) is 5.26 Å². The fraction of sp³-hybridized carbons (Fsp3) is 0. The van der Waals surface area contributed by atoms with Crippen molar-refractivity contribution in [1.82, 2.24) is 0 Å². The number of nitrogen functional groups attached to an aromatic ring is 1. The summed E-state index contributed by atoms with van der Waals surface area (Å²) in [6.45, 7) is 0. The molecule has 0 aliphatic carbocycles.